The summed E-state index contributed by atoms with van der Waals surface area (Å²) in [6.07, 6.45) is 1.00. The Morgan fingerprint density at radius 2 is 2.12 bits per heavy atom. The topological polar surface area (TPSA) is 81.9 Å². The van der Waals surface area contributed by atoms with E-state index in [9.17, 15) is 9.59 Å². The molecule has 0 saturated carbocycles. The zero-order chi connectivity index (χ0) is 19.3. The lowest BCUT2D eigenvalue weighted by Crippen LogP contribution is -2.44. The predicted molar refractivity (Wildman–Crippen MR) is 99.9 cm³/mol. The average Bonchev–Trinajstić information content (AvgIpc) is 2.53. The van der Waals surface area contributed by atoms with Crippen molar-refractivity contribution in [1.82, 2.24) is 4.90 Å². The number of likely N-dealkylation sites (tertiary alicyclic amines) is 1. The van der Waals surface area contributed by atoms with Gasteiger partial charge in [-0.2, -0.15) is 0 Å². The van der Waals surface area contributed by atoms with Crippen LogP contribution >= 0.6 is 11.6 Å². The van der Waals surface area contributed by atoms with Gasteiger partial charge in [-0.15, -0.1) is 0 Å². The highest BCUT2D eigenvalue weighted by atomic mass is 35.5. The summed E-state index contributed by atoms with van der Waals surface area (Å²) in [6.45, 7) is 6.49. The lowest BCUT2D eigenvalue weighted by atomic mass is 9.88. The van der Waals surface area contributed by atoms with E-state index in [2.05, 4.69) is 0 Å². The molecule has 6 nitrogen and oxygen atoms in total. The van der Waals surface area contributed by atoms with Gasteiger partial charge in [-0.05, 0) is 51.3 Å². The SMILES string of the molecule is CC(C)(C)OC(=O)N1CCC[C@H]([C@H](OCC(N)=O)c2cccc(Cl)c2)C1. The van der Waals surface area contributed by atoms with Crippen LogP contribution in [0.1, 0.15) is 45.3 Å². The Labute approximate surface area is 159 Å². The van der Waals surface area contributed by atoms with Gasteiger partial charge in [-0.1, -0.05) is 23.7 Å². The van der Waals surface area contributed by atoms with Gasteiger partial charge in [-0.3, -0.25) is 4.79 Å². The number of hydrogen-bond acceptors (Lipinski definition) is 4. The number of carbonyl (C=O) groups is 2. The van der Waals surface area contributed by atoms with Crippen LogP contribution in [0.25, 0.3) is 0 Å². The van der Waals surface area contributed by atoms with E-state index >= 15 is 0 Å². The van der Waals surface area contributed by atoms with Crippen molar-refractivity contribution in [2.24, 2.45) is 11.7 Å². The minimum atomic E-state index is -0.543. The Bertz CT molecular complexity index is 645. The van der Waals surface area contributed by atoms with Crippen LogP contribution in [0.5, 0.6) is 0 Å². The molecule has 0 radical (unpaired) electrons. The number of benzene rings is 1. The third-order valence-corrected chi connectivity index (χ3v) is 4.36. The quantitative estimate of drug-likeness (QED) is 0.844. The van der Waals surface area contributed by atoms with Crippen molar-refractivity contribution in [2.75, 3.05) is 19.7 Å². The Hall–Kier alpha value is -1.79. The molecule has 1 aromatic carbocycles. The van der Waals surface area contributed by atoms with E-state index in [-0.39, 0.29) is 24.7 Å². The van der Waals surface area contributed by atoms with Crippen LogP contribution in [0.3, 0.4) is 0 Å². The monoisotopic (exact) mass is 382 g/mol. The van der Waals surface area contributed by atoms with E-state index in [0.29, 0.717) is 18.1 Å². The average molecular weight is 383 g/mol. The summed E-state index contributed by atoms with van der Waals surface area (Å²) in [7, 11) is 0. The maximum Gasteiger partial charge on any atom is 0.410 e. The smallest absolute Gasteiger partial charge is 0.410 e. The Kier molecular flexibility index (Phi) is 6.89. The van der Waals surface area contributed by atoms with Crippen molar-refractivity contribution in [2.45, 2.75) is 45.3 Å². The van der Waals surface area contributed by atoms with E-state index in [1.54, 1.807) is 11.0 Å². The van der Waals surface area contributed by atoms with Crippen molar-refractivity contribution in [3.05, 3.63) is 34.9 Å². The Morgan fingerprint density at radius 1 is 1.38 bits per heavy atom. The normalized spacial score (nSPS) is 19.1. The molecule has 2 N–H and O–H groups in total. The number of rotatable bonds is 5. The van der Waals surface area contributed by atoms with Gasteiger partial charge in [-0.25, -0.2) is 4.79 Å². The summed E-state index contributed by atoms with van der Waals surface area (Å²) in [6, 6.07) is 7.35. The molecule has 2 amide bonds. The van der Waals surface area contributed by atoms with Crippen molar-refractivity contribution in [3.8, 4) is 0 Å². The highest BCUT2D eigenvalue weighted by Crippen LogP contribution is 2.34. The number of ether oxygens (including phenoxy) is 2. The molecule has 0 bridgehead atoms. The largest absolute Gasteiger partial charge is 0.444 e. The molecule has 1 aromatic rings. The number of nitrogens with two attached hydrogens (primary N) is 1. The first kappa shape index (κ1) is 20.5. The first-order chi connectivity index (χ1) is 12.2. The van der Waals surface area contributed by atoms with Crippen LogP contribution in [-0.4, -0.2) is 42.2 Å². The summed E-state index contributed by atoms with van der Waals surface area (Å²) < 4.78 is 11.3. The molecule has 2 atom stereocenters. The number of carbonyl (C=O) groups excluding carboxylic acids is 2. The van der Waals surface area contributed by atoms with Crippen molar-refractivity contribution < 1.29 is 19.1 Å². The Morgan fingerprint density at radius 3 is 2.73 bits per heavy atom. The third kappa shape index (κ3) is 6.18. The summed E-state index contributed by atoms with van der Waals surface area (Å²) in [5.41, 5.74) is 5.58. The molecule has 0 unspecified atom stereocenters. The van der Waals surface area contributed by atoms with Gasteiger partial charge in [0, 0.05) is 24.0 Å². The Balaban J connectivity index is 2.15. The molecule has 0 aliphatic carbocycles. The number of primary amides is 1. The summed E-state index contributed by atoms with van der Waals surface area (Å²) in [5, 5.41) is 0.593. The van der Waals surface area contributed by atoms with Crippen LogP contribution < -0.4 is 5.73 Å². The predicted octanol–water partition coefficient (Wildman–Crippen LogP) is 3.53. The summed E-state index contributed by atoms with van der Waals surface area (Å²) >= 11 is 6.11. The van der Waals surface area contributed by atoms with E-state index < -0.39 is 11.5 Å². The second-order valence-electron chi connectivity index (χ2n) is 7.58. The zero-order valence-electron chi connectivity index (χ0n) is 15.5. The summed E-state index contributed by atoms with van der Waals surface area (Å²) in [5.74, 6) is -0.508. The van der Waals surface area contributed by atoms with Gasteiger partial charge in [0.25, 0.3) is 0 Å². The fourth-order valence-electron chi connectivity index (χ4n) is 3.11. The zero-order valence-corrected chi connectivity index (χ0v) is 16.3. The van der Waals surface area contributed by atoms with E-state index in [1.807, 2.05) is 39.0 Å². The van der Waals surface area contributed by atoms with Crippen molar-refractivity contribution in [3.63, 3.8) is 0 Å². The molecule has 1 heterocycles. The van der Waals surface area contributed by atoms with E-state index in [1.165, 1.54) is 0 Å². The standard InChI is InChI=1S/C19H27ClN2O4/c1-19(2,3)26-18(24)22-9-5-7-14(11-22)17(25-12-16(21)23)13-6-4-8-15(20)10-13/h4,6,8,10,14,17H,5,7,9,11-12H2,1-3H3,(H2,21,23)/t14-,17+/m0/s1. The highest BCUT2D eigenvalue weighted by Gasteiger charge is 2.33. The molecule has 26 heavy (non-hydrogen) atoms. The van der Waals surface area contributed by atoms with Crippen LogP contribution in [0.4, 0.5) is 4.79 Å². The van der Waals surface area contributed by atoms with Crippen LogP contribution in [0.2, 0.25) is 5.02 Å². The second-order valence-corrected chi connectivity index (χ2v) is 8.02. The fraction of sp³-hybridized carbons (Fsp3) is 0.579. The maximum atomic E-state index is 12.4. The number of amides is 2. The van der Waals surface area contributed by atoms with E-state index in [0.717, 1.165) is 18.4 Å². The van der Waals surface area contributed by atoms with Gasteiger partial charge in [0.15, 0.2) is 0 Å². The molecule has 1 saturated heterocycles. The lowest BCUT2D eigenvalue weighted by molar-refractivity contribution is -0.126. The minimum absolute atomic E-state index is 0.0223. The van der Waals surface area contributed by atoms with Gasteiger partial charge in [0.2, 0.25) is 5.91 Å². The van der Waals surface area contributed by atoms with E-state index in [4.69, 9.17) is 26.8 Å². The van der Waals surface area contributed by atoms with Crippen LogP contribution in [0, 0.1) is 5.92 Å². The molecule has 7 heteroatoms. The molecule has 0 aromatic heterocycles. The number of piperidine rings is 1. The second kappa shape index (κ2) is 8.73. The number of halogens is 1. The van der Waals surface area contributed by atoms with Crippen LogP contribution in [-0.2, 0) is 14.3 Å². The minimum Gasteiger partial charge on any atom is -0.444 e. The van der Waals surface area contributed by atoms with Gasteiger partial charge < -0.3 is 20.1 Å². The highest BCUT2D eigenvalue weighted by molar-refractivity contribution is 6.30. The van der Waals surface area contributed by atoms with Gasteiger partial charge in [0.05, 0.1) is 6.10 Å². The maximum absolute atomic E-state index is 12.4. The molecule has 1 aliphatic heterocycles. The molecular formula is C19H27ClN2O4. The first-order valence-corrected chi connectivity index (χ1v) is 9.17. The molecule has 1 fully saturated rings. The number of nitrogens with zero attached hydrogens (tertiary/aromatic N) is 1. The molecule has 1 aliphatic rings. The van der Waals surface area contributed by atoms with Gasteiger partial charge >= 0.3 is 6.09 Å². The molecule has 144 valence electrons. The van der Waals surface area contributed by atoms with Gasteiger partial charge in [0.1, 0.15) is 12.2 Å². The molecule has 0 spiro atoms. The summed E-state index contributed by atoms with van der Waals surface area (Å²) in [4.78, 5) is 25.3. The molecule has 2 rings (SSSR count). The fourth-order valence-corrected chi connectivity index (χ4v) is 3.31. The van der Waals surface area contributed by atoms with Crippen molar-refractivity contribution in [1.29, 1.82) is 0 Å². The van der Waals surface area contributed by atoms with Crippen molar-refractivity contribution >= 4 is 23.6 Å². The first-order valence-electron chi connectivity index (χ1n) is 8.79. The third-order valence-electron chi connectivity index (χ3n) is 4.12. The number of hydrogen-bond donors (Lipinski definition) is 1. The van der Waals surface area contributed by atoms with Crippen LogP contribution in [0.15, 0.2) is 24.3 Å². The molecular weight excluding hydrogens is 356 g/mol. The lowest BCUT2D eigenvalue weighted by Gasteiger charge is -2.37.